The molecule has 3 aromatic rings. The first kappa shape index (κ1) is 13.6. The van der Waals surface area contributed by atoms with Crippen molar-refractivity contribution in [3.63, 3.8) is 0 Å². The number of pyridine rings is 1. The van der Waals surface area contributed by atoms with Gasteiger partial charge in [0, 0.05) is 26.0 Å². The molecule has 0 atom stereocenters. The van der Waals surface area contributed by atoms with E-state index in [1.54, 1.807) is 12.4 Å². The summed E-state index contributed by atoms with van der Waals surface area (Å²) in [5.41, 5.74) is 9.38. The molecule has 2 heterocycles. The maximum atomic E-state index is 5.94. The molecule has 0 unspecified atom stereocenters. The summed E-state index contributed by atoms with van der Waals surface area (Å²) in [6, 6.07) is 9.78. The first-order valence-corrected chi connectivity index (χ1v) is 7.65. The summed E-state index contributed by atoms with van der Waals surface area (Å²) in [5, 5.41) is 4.12. The molecule has 0 spiro atoms. The molecule has 20 heavy (non-hydrogen) atoms. The van der Waals surface area contributed by atoms with E-state index in [-0.39, 0.29) is 0 Å². The van der Waals surface area contributed by atoms with Crippen LogP contribution in [-0.4, -0.2) is 10.1 Å². The summed E-state index contributed by atoms with van der Waals surface area (Å²) in [4.78, 5) is 4.02. The van der Waals surface area contributed by atoms with E-state index in [4.69, 9.17) is 10.3 Å². The highest BCUT2D eigenvalue weighted by Gasteiger charge is 2.19. The van der Waals surface area contributed by atoms with Crippen molar-refractivity contribution in [1.29, 1.82) is 0 Å². The third-order valence-electron chi connectivity index (χ3n) is 2.87. The first-order chi connectivity index (χ1) is 9.66. The summed E-state index contributed by atoms with van der Waals surface area (Å²) >= 11 is 5.75. The molecule has 2 N–H and O–H groups in total. The van der Waals surface area contributed by atoms with Crippen LogP contribution >= 0.6 is 38.5 Å². The number of aromatic nitrogens is 2. The number of nitrogens with zero attached hydrogens (tertiary/aromatic N) is 2. The molecular formula is C14H9BrIN3O. The standard InChI is InChI=1S/C14H9BrIN3O/c15-9-1-2-11(16)10(7-9)13-12(14(17)20-19-13)8-3-5-18-6-4-8/h1-7H,17H2. The largest absolute Gasteiger partial charge is 0.367 e. The molecule has 0 saturated carbocycles. The van der Waals surface area contributed by atoms with Crippen LogP contribution in [0.25, 0.3) is 22.4 Å². The topological polar surface area (TPSA) is 64.9 Å². The number of hydrogen-bond donors (Lipinski definition) is 1. The monoisotopic (exact) mass is 441 g/mol. The molecular weight excluding hydrogens is 433 g/mol. The predicted molar refractivity (Wildman–Crippen MR) is 90.0 cm³/mol. The van der Waals surface area contributed by atoms with Crippen LogP contribution in [0, 0.1) is 3.57 Å². The maximum Gasteiger partial charge on any atom is 0.230 e. The highest BCUT2D eigenvalue weighted by atomic mass is 127. The number of hydrogen-bond acceptors (Lipinski definition) is 4. The second-order valence-corrected chi connectivity index (χ2v) is 6.21. The maximum absolute atomic E-state index is 5.94. The van der Waals surface area contributed by atoms with Gasteiger partial charge in [-0.3, -0.25) is 4.98 Å². The van der Waals surface area contributed by atoms with E-state index in [0.717, 1.165) is 30.4 Å². The van der Waals surface area contributed by atoms with Crippen molar-refractivity contribution < 1.29 is 4.52 Å². The molecule has 2 aromatic heterocycles. The van der Waals surface area contributed by atoms with Crippen LogP contribution in [0.15, 0.2) is 51.7 Å². The Hall–Kier alpha value is -1.41. The average molecular weight is 442 g/mol. The summed E-state index contributed by atoms with van der Waals surface area (Å²) in [5.74, 6) is 0.307. The van der Waals surface area contributed by atoms with Crippen LogP contribution < -0.4 is 5.73 Å². The molecule has 0 aliphatic rings. The van der Waals surface area contributed by atoms with Gasteiger partial charge in [0.2, 0.25) is 5.88 Å². The molecule has 100 valence electrons. The minimum Gasteiger partial charge on any atom is -0.367 e. The van der Waals surface area contributed by atoms with Crippen molar-refractivity contribution in [2.75, 3.05) is 5.73 Å². The molecule has 0 amide bonds. The Labute approximate surface area is 137 Å². The van der Waals surface area contributed by atoms with Gasteiger partial charge in [0.25, 0.3) is 0 Å². The third-order valence-corrected chi connectivity index (χ3v) is 4.30. The van der Waals surface area contributed by atoms with Gasteiger partial charge in [-0.05, 0) is 58.5 Å². The number of nitrogen functional groups attached to an aromatic ring is 1. The lowest BCUT2D eigenvalue weighted by Crippen LogP contribution is -1.90. The van der Waals surface area contributed by atoms with E-state index in [1.165, 1.54) is 0 Å². The number of halogens is 2. The zero-order valence-corrected chi connectivity index (χ0v) is 13.9. The SMILES string of the molecule is Nc1onc(-c2cc(Br)ccc2I)c1-c1ccncc1. The van der Waals surface area contributed by atoms with Crippen molar-refractivity contribution >= 4 is 44.4 Å². The van der Waals surface area contributed by atoms with Gasteiger partial charge in [0.1, 0.15) is 5.69 Å². The summed E-state index contributed by atoms with van der Waals surface area (Å²) < 4.78 is 7.25. The number of nitrogens with two attached hydrogens (primary N) is 1. The Kier molecular flexibility index (Phi) is 3.75. The number of benzene rings is 1. The van der Waals surface area contributed by atoms with Crippen molar-refractivity contribution in [3.8, 4) is 22.4 Å². The van der Waals surface area contributed by atoms with Gasteiger partial charge >= 0.3 is 0 Å². The van der Waals surface area contributed by atoms with E-state index < -0.39 is 0 Å². The van der Waals surface area contributed by atoms with Gasteiger partial charge in [-0.1, -0.05) is 21.1 Å². The normalized spacial score (nSPS) is 10.7. The lowest BCUT2D eigenvalue weighted by molar-refractivity contribution is 0.439. The molecule has 0 radical (unpaired) electrons. The lowest BCUT2D eigenvalue weighted by Gasteiger charge is -2.05. The van der Waals surface area contributed by atoms with Crippen LogP contribution in [0.5, 0.6) is 0 Å². The van der Waals surface area contributed by atoms with E-state index in [9.17, 15) is 0 Å². The van der Waals surface area contributed by atoms with E-state index in [2.05, 4.69) is 48.7 Å². The van der Waals surface area contributed by atoms with Gasteiger partial charge in [0.05, 0.1) is 5.56 Å². The van der Waals surface area contributed by atoms with Gasteiger partial charge in [0.15, 0.2) is 0 Å². The minimum absolute atomic E-state index is 0.307. The Morgan fingerprint density at radius 2 is 1.90 bits per heavy atom. The van der Waals surface area contributed by atoms with Crippen molar-refractivity contribution in [2.45, 2.75) is 0 Å². The fourth-order valence-electron chi connectivity index (χ4n) is 1.96. The number of rotatable bonds is 2. The Morgan fingerprint density at radius 3 is 2.65 bits per heavy atom. The quantitative estimate of drug-likeness (QED) is 0.600. The van der Waals surface area contributed by atoms with Gasteiger partial charge < -0.3 is 10.3 Å². The van der Waals surface area contributed by atoms with E-state index in [1.807, 2.05) is 30.3 Å². The fraction of sp³-hybridized carbons (Fsp3) is 0. The van der Waals surface area contributed by atoms with Gasteiger partial charge in [-0.2, -0.15) is 0 Å². The van der Waals surface area contributed by atoms with Crippen LogP contribution in [0.2, 0.25) is 0 Å². The third kappa shape index (κ3) is 2.45. The zero-order valence-electron chi connectivity index (χ0n) is 10.2. The predicted octanol–water partition coefficient (Wildman–Crippen LogP) is 4.35. The average Bonchev–Trinajstić information content (AvgIpc) is 2.84. The fourth-order valence-corrected chi connectivity index (χ4v) is 2.92. The Morgan fingerprint density at radius 1 is 1.15 bits per heavy atom. The molecule has 6 heteroatoms. The smallest absolute Gasteiger partial charge is 0.230 e. The molecule has 1 aromatic carbocycles. The van der Waals surface area contributed by atoms with E-state index in [0.29, 0.717) is 5.88 Å². The Bertz CT molecular complexity index is 758. The van der Waals surface area contributed by atoms with Crippen LogP contribution in [-0.2, 0) is 0 Å². The molecule has 3 rings (SSSR count). The van der Waals surface area contributed by atoms with Crippen LogP contribution in [0.3, 0.4) is 0 Å². The zero-order chi connectivity index (χ0) is 14.1. The van der Waals surface area contributed by atoms with Crippen LogP contribution in [0.4, 0.5) is 5.88 Å². The summed E-state index contributed by atoms with van der Waals surface area (Å²) in [6.07, 6.45) is 3.44. The van der Waals surface area contributed by atoms with Crippen molar-refractivity contribution in [1.82, 2.24) is 10.1 Å². The van der Waals surface area contributed by atoms with Gasteiger partial charge in [-0.15, -0.1) is 0 Å². The second kappa shape index (κ2) is 5.53. The molecule has 4 nitrogen and oxygen atoms in total. The van der Waals surface area contributed by atoms with Crippen molar-refractivity contribution in [2.24, 2.45) is 0 Å². The molecule has 0 bridgehead atoms. The highest BCUT2D eigenvalue weighted by Crippen LogP contribution is 2.38. The molecule has 0 fully saturated rings. The minimum atomic E-state index is 0.307. The first-order valence-electron chi connectivity index (χ1n) is 5.78. The van der Waals surface area contributed by atoms with Crippen LogP contribution in [0.1, 0.15) is 0 Å². The number of anilines is 1. The summed E-state index contributed by atoms with van der Waals surface area (Å²) in [6.45, 7) is 0. The van der Waals surface area contributed by atoms with E-state index >= 15 is 0 Å². The molecule has 0 aliphatic carbocycles. The highest BCUT2D eigenvalue weighted by molar-refractivity contribution is 14.1. The summed E-state index contributed by atoms with van der Waals surface area (Å²) in [7, 11) is 0. The van der Waals surface area contributed by atoms with Crippen molar-refractivity contribution in [3.05, 3.63) is 50.8 Å². The Balaban J connectivity index is 2.24. The second-order valence-electron chi connectivity index (χ2n) is 4.13. The molecule has 0 saturated heterocycles. The molecule has 0 aliphatic heterocycles. The van der Waals surface area contributed by atoms with Gasteiger partial charge in [-0.25, -0.2) is 0 Å². The lowest BCUT2D eigenvalue weighted by atomic mass is 10.0.